The highest BCUT2D eigenvalue weighted by Crippen LogP contribution is 2.21. The predicted octanol–water partition coefficient (Wildman–Crippen LogP) is 0.843. The van der Waals surface area contributed by atoms with Gasteiger partial charge in [0, 0.05) is 25.4 Å². The van der Waals surface area contributed by atoms with Crippen LogP contribution in [0.15, 0.2) is 48.5 Å². The van der Waals surface area contributed by atoms with Gasteiger partial charge in [0.15, 0.2) is 0 Å². The number of carbonyl (C=O) groups excluding carboxylic acids is 4. The van der Waals surface area contributed by atoms with Gasteiger partial charge in [-0.25, -0.2) is 4.79 Å². The number of likely N-dealkylation sites (tertiary alicyclic amines) is 1. The normalized spacial score (nSPS) is 17.6. The van der Waals surface area contributed by atoms with Crippen LogP contribution in [0.25, 0.3) is 0 Å². The van der Waals surface area contributed by atoms with Crippen molar-refractivity contribution >= 4 is 29.6 Å². The number of benzene rings is 2. The molecule has 1 aliphatic rings. The number of nitrogens with two attached hydrogens (primary N) is 1. The molecule has 0 bridgehead atoms. The van der Waals surface area contributed by atoms with E-state index in [4.69, 9.17) is 5.73 Å². The molecule has 0 spiro atoms. The van der Waals surface area contributed by atoms with E-state index in [-0.39, 0.29) is 37.3 Å². The van der Waals surface area contributed by atoms with E-state index in [1.54, 1.807) is 12.1 Å². The summed E-state index contributed by atoms with van der Waals surface area (Å²) in [6.45, 7) is 3.49. The van der Waals surface area contributed by atoms with E-state index in [1.165, 1.54) is 48.2 Å². The van der Waals surface area contributed by atoms with Crippen LogP contribution in [-0.4, -0.2) is 109 Å². The molecule has 1 unspecified atom stereocenters. The maximum Gasteiger partial charge on any atom is 0.326 e. The Labute approximate surface area is 303 Å². The number of hydrogen-bond acceptors (Lipinski definition) is 10. The molecule has 4 amide bonds. The topological polar surface area (TPSA) is 252 Å². The van der Waals surface area contributed by atoms with Crippen LogP contribution in [-0.2, 0) is 36.8 Å². The van der Waals surface area contributed by atoms with Gasteiger partial charge < -0.3 is 52.1 Å². The molecule has 1 saturated heterocycles. The third-order valence-corrected chi connectivity index (χ3v) is 9.20. The molecule has 0 saturated carbocycles. The summed E-state index contributed by atoms with van der Waals surface area (Å²) in [6.07, 6.45) is 2.55. The minimum absolute atomic E-state index is 0.0109. The van der Waals surface area contributed by atoms with Crippen LogP contribution < -0.4 is 21.7 Å². The van der Waals surface area contributed by atoms with Crippen LogP contribution in [0.1, 0.15) is 76.3 Å². The second kappa shape index (κ2) is 20.3. The van der Waals surface area contributed by atoms with Gasteiger partial charge in [0.2, 0.25) is 17.7 Å². The number of aliphatic hydroxyl groups is 2. The number of phenolic OH excluding ortho intramolecular Hbond substituents is 2. The first-order valence-electron chi connectivity index (χ1n) is 17.8. The molecule has 0 radical (unpaired) electrons. The Balaban J connectivity index is 1.74. The zero-order valence-corrected chi connectivity index (χ0v) is 29.7. The number of carbonyl (C=O) groups is 5. The van der Waals surface area contributed by atoms with Crippen molar-refractivity contribution in [1.29, 1.82) is 0 Å². The lowest BCUT2D eigenvalue weighted by atomic mass is 10.0. The van der Waals surface area contributed by atoms with E-state index < -0.39 is 72.0 Å². The lowest BCUT2D eigenvalue weighted by molar-refractivity contribution is -0.146. The molecule has 52 heavy (non-hydrogen) atoms. The first kappa shape index (κ1) is 41.7. The summed E-state index contributed by atoms with van der Waals surface area (Å²) in [4.78, 5) is 67.4. The van der Waals surface area contributed by atoms with Crippen molar-refractivity contribution in [3.63, 3.8) is 0 Å². The molecular weight excluding hydrogens is 674 g/mol. The minimum atomic E-state index is -1.62. The highest BCUT2D eigenvalue weighted by atomic mass is 16.4. The molecule has 7 atom stereocenters. The summed E-state index contributed by atoms with van der Waals surface area (Å²) in [7, 11) is 0. The molecule has 2 aromatic rings. The van der Waals surface area contributed by atoms with Gasteiger partial charge in [0.05, 0.1) is 6.10 Å². The SMILES string of the molecule is CCCCCCC[C@@H](N)[C@H](O)C(=O)N[C@H](C(=O)N1CCC[C@H]1C(=O)N[C@@H](Cc1ccc(O)cc1)C(=O)N[C@@H](Cc1ccc(O)cc1)C(=O)O)C(C)O. The van der Waals surface area contributed by atoms with E-state index in [9.17, 15) is 49.5 Å². The summed E-state index contributed by atoms with van der Waals surface area (Å²) in [5.41, 5.74) is 7.13. The van der Waals surface area contributed by atoms with Crippen molar-refractivity contribution in [2.45, 2.75) is 120 Å². The van der Waals surface area contributed by atoms with Crippen LogP contribution >= 0.6 is 0 Å². The van der Waals surface area contributed by atoms with E-state index in [0.717, 1.165) is 32.1 Å². The van der Waals surface area contributed by atoms with Crippen LogP contribution in [0.2, 0.25) is 0 Å². The van der Waals surface area contributed by atoms with Crippen LogP contribution in [0.3, 0.4) is 0 Å². The number of carboxylic acid groups (broad SMARTS) is 1. The first-order chi connectivity index (χ1) is 24.7. The van der Waals surface area contributed by atoms with Crippen molar-refractivity contribution in [2.24, 2.45) is 5.73 Å². The molecule has 10 N–H and O–H groups in total. The maximum atomic E-state index is 13.8. The largest absolute Gasteiger partial charge is 0.508 e. The number of aliphatic carboxylic acids is 1. The number of nitrogens with zero attached hydrogens (tertiary/aromatic N) is 1. The minimum Gasteiger partial charge on any atom is -0.508 e. The number of hydrogen-bond donors (Lipinski definition) is 9. The van der Waals surface area contributed by atoms with Gasteiger partial charge in [-0.05, 0) is 61.6 Å². The Hall–Kier alpha value is -4.73. The number of rotatable bonds is 20. The van der Waals surface area contributed by atoms with Crippen molar-refractivity contribution in [2.75, 3.05) is 6.54 Å². The average Bonchev–Trinajstić information content (AvgIpc) is 3.61. The smallest absolute Gasteiger partial charge is 0.326 e. The third kappa shape index (κ3) is 12.5. The number of carboxylic acids is 1. The Morgan fingerprint density at radius 2 is 1.37 bits per heavy atom. The highest BCUT2D eigenvalue weighted by molar-refractivity contribution is 5.96. The summed E-state index contributed by atoms with van der Waals surface area (Å²) < 4.78 is 0. The Kier molecular flexibility index (Phi) is 16.3. The number of aromatic hydroxyl groups is 2. The maximum absolute atomic E-state index is 13.8. The van der Waals surface area contributed by atoms with E-state index >= 15 is 0 Å². The molecule has 286 valence electrons. The molecule has 15 nitrogen and oxygen atoms in total. The molecule has 15 heteroatoms. The quantitative estimate of drug-likeness (QED) is 0.0865. The number of aliphatic hydroxyl groups excluding tert-OH is 2. The molecular formula is C37H53N5O10. The zero-order valence-electron chi connectivity index (χ0n) is 29.7. The summed E-state index contributed by atoms with van der Waals surface area (Å²) >= 11 is 0. The second-order valence-corrected chi connectivity index (χ2v) is 13.4. The Morgan fingerprint density at radius 3 is 1.90 bits per heavy atom. The Bertz CT molecular complexity index is 1490. The van der Waals surface area contributed by atoms with E-state index in [0.29, 0.717) is 24.0 Å². The number of unbranched alkanes of at least 4 members (excludes halogenated alkanes) is 4. The van der Waals surface area contributed by atoms with Gasteiger partial charge in [-0.2, -0.15) is 0 Å². The first-order valence-corrected chi connectivity index (χ1v) is 17.8. The number of phenols is 2. The zero-order chi connectivity index (χ0) is 38.4. The van der Waals surface area contributed by atoms with Crippen molar-refractivity contribution < 1.29 is 49.5 Å². The van der Waals surface area contributed by atoms with E-state index in [1.807, 2.05) is 0 Å². The number of amides is 4. The van der Waals surface area contributed by atoms with Gasteiger partial charge in [0.1, 0.15) is 41.8 Å². The fourth-order valence-corrected chi connectivity index (χ4v) is 6.13. The van der Waals surface area contributed by atoms with Crippen molar-refractivity contribution in [3.8, 4) is 11.5 Å². The molecule has 2 aromatic carbocycles. The van der Waals surface area contributed by atoms with Crippen LogP contribution in [0.5, 0.6) is 11.5 Å². The summed E-state index contributed by atoms with van der Waals surface area (Å²) in [5, 5.41) is 57.8. The molecule has 0 aromatic heterocycles. The number of nitrogens with one attached hydrogen (secondary N) is 3. The lowest BCUT2D eigenvalue weighted by Gasteiger charge is -2.31. The lowest BCUT2D eigenvalue weighted by Crippen LogP contribution is -2.60. The van der Waals surface area contributed by atoms with Gasteiger partial charge in [-0.1, -0.05) is 63.3 Å². The van der Waals surface area contributed by atoms with Crippen molar-refractivity contribution in [3.05, 3.63) is 59.7 Å². The third-order valence-electron chi connectivity index (χ3n) is 9.20. The van der Waals surface area contributed by atoms with Crippen LogP contribution in [0, 0.1) is 0 Å². The van der Waals surface area contributed by atoms with Gasteiger partial charge in [-0.3, -0.25) is 19.2 Å². The molecule has 0 aliphatic carbocycles. The Morgan fingerprint density at radius 1 is 0.808 bits per heavy atom. The summed E-state index contributed by atoms with van der Waals surface area (Å²) in [5.74, 6) is -4.57. The average molecular weight is 728 g/mol. The van der Waals surface area contributed by atoms with Gasteiger partial charge in [0.25, 0.3) is 5.91 Å². The molecule has 1 fully saturated rings. The molecule has 1 heterocycles. The van der Waals surface area contributed by atoms with Gasteiger partial charge in [-0.15, -0.1) is 0 Å². The van der Waals surface area contributed by atoms with E-state index in [2.05, 4.69) is 22.9 Å². The fourth-order valence-electron chi connectivity index (χ4n) is 6.13. The highest BCUT2D eigenvalue weighted by Gasteiger charge is 2.41. The second-order valence-electron chi connectivity index (χ2n) is 13.4. The van der Waals surface area contributed by atoms with Crippen LogP contribution in [0.4, 0.5) is 0 Å². The standard InChI is InChI=1S/C37H53N5O10/c1-3-4-5-6-7-9-27(38)32(46)35(49)41-31(22(2)43)36(50)42-19-8-10-30(42)34(48)39-28(20-23-11-15-25(44)16-12-23)33(47)40-29(37(51)52)21-24-13-17-26(45)18-14-24/h11-18,22,27-32,43-46H,3-10,19-21,38H2,1-2H3,(H,39,48)(H,40,47)(H,41,49)(H,51,52)/t22?,27-,28+,29+,30+,31+,32+/m1/s1. The molecule has 3 rings (SSSR count). The summed E-state index contributed by atoms with van der Waals surface area (Å²) in [6, 6.07) is 5.54. The monoisotopic (exact) mass is 727 g/mol. The predicted molar refractivity (Wildman–Crippen MR) is 191 cm³/mol. The molecule has 1 aliphatic heterocycles. The van der Waals surface area contributed by atoms with Gasteiger partial charge >= 0.3 is 5.97 Å². The fraction of sp³-hybridized carbons (Fsp3) is 0.541. The van der Waals surface area contributed by atoms with Crippen molar-refractivity contribution in [1.82, 2.24) is 20.9 Å².